The quantitative estimate of drug-likeness (QED) is 0.494. The maximum Gasteiger partial charge on any atom is 0.303 e. The summed E-state index contributed by atoms with van der Waals surface area (Å²) in [7, 11) is 0. The predicted octanol–water partition coefficient (Wildman–Crippen LogP) is 6.07. The number of benzene rings is 2. The van der Waals surface area contributed by atoms with E-state index in [0.717, 1.165) is 38.4 Å². The van der Waals surface area contributed by atoms with Crippen molar-refractivity contribution in [1.29, 1.82) is 5.26 Å². The SMILES string of the molecule is CCCOc1ccc(-c2ccc(-c3ccc(CCC(=O)O)cc3C)s2)cc1C#N. The monoisotopic (exact) mass is 405 g/mol. The number of carboxylic acids is 1. The fraction of sp³-hybridized carbons (Fsp3) is 0.250. The van der Waals surface area contributed by atoms with E-state index in [-0.39, 0.29) is 6.42 Å². The van der Waals surface area contributed by atoms with Crippen LogP contribution in [-0.4, -0.2) is 17.7 Å². The van der Waals surface area contributed by atoms with Crippen LogP contribution >= 0.6 is 11.3 Å². The molecule has 0 bridgehead atoms. The Morgan fingerprint density at radius 1 is 1.14 bits per heavy atom. The van der Waals surface area contributed by atoms with Gasteiger partial charge < -0.3 is 9.84 Å². The Morgan fingerprint density at radius 2 is 1.93 bits per heavy atom. The highest BCUT2D eigenvalue weighted by Gasteiger charge is 2.11. The number of thiophene rings is 1. The topological polar surface area (TPSA) is 70.3 Å². The lowest BCUT2D eigenvalue weighted by molar-refractivity contribution is -0.136. The van der Waals surface area contributed by atoms with Gasteiger partial charge in [-0.05, 0) is 72.4 Å². The van der Waals surface area contributed by atoms with E-state index in [9.17, 15) is 10.1 Å². The lowest BCUT2D eigenvalue weighted by Crippen LogP contribution is -1.97. The molecule has 1 heterocycles. The number of aryl methyl sites for hydroxylation is 2. The molecular formula is C24H23NO3S. The van der Waals surface area contributed by atoms with Gasteiger partial charge in [0, 0.05) is 16.2 Å². The molecule has 0 fully saturated rings. The summed E-state index contributed by atoms with van der Waals surface area (Å²) < 4.78 is 5.65. The van der Waals surface area contributed by atoms with E-state index in [0.29, 0.717) is 24.3 Å². The third kappa shape index (κ3) is 5.04. The molecule has 0 aliphatic rings. The standard InChI is InChI=1S/C24H23NO3S/c1-3-12-28-21-8-6-18(14-19(21)15-25)22-9-10-23(29-22)20-7-4-17(13-16(20)2)5-11-24(26)27/h4,6-10,13-14H,3,5,11-12H2,1-2H3,(H,26,27). The van der Waals surface area contributed by atoms with Gasteiger partial charge >= 0.3 is 5.97 Å². The van der Waals surface area contributed by atoms with Gasteiger partial charge in [-0.2, -0.15) is 5.26 Å². The summed E-state index contributed by atoms with van der Waals surface area (Å²) >= 11 is 1.68. The molecule has 0 amide bonds. The minimum absolute atomic E-state index is 0.140. The second-order valence-corrected chi connectivity index (χ2v) is 7.96. The number of nitriles is 1. The number of carboxylic acid groups (broad SMARTS) is 1. The van der Waals surface area contributed by atoms with Crippen molar-refractivity contribution < 1.29 is 14.6 Å². The van der Waals surface area contributed by atoms with Gasteiger partial charge in [-0.3, -0.25) is 4.79 Å². The Bertz CT molecular complexity index is 1060. The molecule has 2 aromatic carbocycles. The molecular weight excluding hydrogens is 382 g/mol. The average molecular weight is 406 g/mol. The molecule has 1 aromatic heterocycles. The zero-order valence-corrected chi connectivity index (χ0v) is 17.4. The Balaban J connectivity index is 1.84. The van der Waals surface area contributed by atoms with E-state index in [1.165, 1.54) is 0 Å². The summed E-state index contributed by atoms with van der Waals surface area (Å²) in [6, 6.07) is 18.2. The number of aliphatic carboxylic acids is 1. The predicted molar refractivity (Wildman–Crippen MR) is 116 cm³/mol. The first kappa shape index (κ1) is 20.6. The first-order valence-corrected chi connectivity index (χ1v) is 10.4. The fourth-order valence-corrected chi connectivity index (χ4v) is 4.25. The fourth-order valence-electron chi connectivity index (χ4n) is 3.16. The van der Waals surface area contributed by atoms with Gasteiger partial charge in [0.1, 0.15) is 11.8 Å². The van der Waals surface area contributed by atoms with Gasteiger partial charge in [-0.25, -0.2) is 0 Å². The summed E-state index contributed by atoms with van der Waals surface area (Å²) in [6.07, 6.45) is 1.58. The van der Waals surface area contributed by atoms with Crippen molar-refractivity contribution >= 4 is 17.3 Å². The minimum Gasteiger partial charge on any atom is -0.492 e. The Kier molecular flexibility index (Phi) is 6.69. The molecule has 0 aliphatic heterocycles. The van der Waals surface area contributed by atoms with Gasteiger partial charge in [0.2, 0.25) is 0 Å². The van der Waals surface area contributed by atoms with Crippen molar-refractivity contribution in [3.63, 3.8) is 0 Å². The summed E-state index contributed by atoms with van der Waals surface area (Å²) in [6.45, 7) is 4.68. The number of ether oxygens (including phenoxy) is 1. The molecule has 29 heavy (non-hydrogen) atoms. The van der Waals surface area contributed by atoms with Crippen LogP contribution in [0, 0.1) is 18.3 Å². The highest BCUT2D eigenvalue weighted by atomic mass is 32.1. The zero-order valence-electron chi connectivity index (χ0n) is 16.6. The van der Waals surface area contributed by atoms with Gasteiger partial charge in [-0.1, -0.05) is 25.1 Å². The molecule has 3 aromatic rings. The van der Waals surface area contributed by atoms with Gasteiger partial charge in [-0.15, -0.1) is 11.3 Å². The van der Waals surface area contributed by atoms with E-state index in [2.05, 4.69) is 30.3 Å². The molecule has 0 aliphatic carbocycles. The summed E-state index contributed by atoms with van der Waals surface area (Å²) in [5.74, 6) is -0.153. The van der Waals surface area contributed by atoms with Crippen molar-refractivity contribution in [3.05, 3.63) is 65.2 Å². The zero-order chi connectivity index (χ0) is 20.8. The third-order valence-electron chi connectivity index (χ3n) is 4.64. The van der Waals surface area contributed by atoms with Gasteiger partial charge in [0.05, 0.1) is 12.2 Å². The highest BCUT2D eigenvalue weighted by Crippen LogP contribution is 2.37. The summed E-state index contributed by atoms with van der Waals surface area (Å²) in [4.78, 5) is 13.0. The molecule has 0 saturated heterocycles. The molecule has 4 nitrogen and oxygen atoms in total. The minimum atomic E-state index is -0.780. The number of hydrogen-bond acceptors (Lipinski definition) is 4. The average Bonchev–Trinajstić information content (AvgIpc) is 3.20. The van der Waals surface area contributed by atoms with E-state index in [1.807, 2.05) is 38.1 Å². The molecule has 0 atom stereocenters. The molecule has 5 heteroatoms. The van der Waals surface area contributed by atoms with Crippen LogP contribution in [0.3, 0.4) is 0 Å². The first-order chi connectivity index (χ1) is 14.0. The third-order valence-corrected chi connectivity index (χ3v) is 5.80. The molecule has 0 unspecified atom stereocenters. The molecule has 1 N–H and O–H groups in total. The largest absolute Gasteiger partial charge is 0.492 e. The number of rotatable bonds is 8. The van der Waals surface area contributed by atoms with E-state index >= 15 is 0 Å². The molecule has 3 rings (SSSR count). The van der Waals surface area contributed by atoms with Crippen LogP contribution in [-0.2, 0) is 11.2 Å². The van der Waals surface area contributed by atoms with Crippen molar-refractivity contribution in [1.82, 2.24) is 0 Å². The van der Waals surface area contributed by atoms with Crippen molar-refractivity contribution in [2.24, 2.45) is 0 Å². The number of hydrogen-bond donors (Lipinski definition) is 1. The second kappa shape index (κ2) is 9.40. The molecule has 0 radical (unpaired) electrons. The van der Waals surface area contributed by atoms with Crippen LogP contribution in [0.25, 0.3) is 20.9 Å². The van der Waals surface area contributed by atoms with Crippen LogP contribution in [0.4, 0.5) is 0 Å². The van der Waals surface area contributed by atoms with Crippen molar-refractivity contribution in [2.45, 2.75) is 33.1 Å². The Labute approximate surface area is 175 Å². The maximum atomic E-state index is 10.8. The van der Waals surface area contributed by atoms with Crippen molar-refractivity contribution in [3.8, 4) is 32.7 Å². The maximum absolute atomic E-state index is 10.8. The Hall–Kier alpha value is -3.10. The normalized spacial score (nSPS) is 10.5. The lowest BCUT2D eigenvalue weighted by Gasteiger charge is -2.08. The second-order valence-electron chi connectivity index (χ2n) is 6.88. The van der Waals surface area contributed by atoms with Crippen molar-refractivity contribution in [2.75, 3.05) is 6.61 Å². The van der Waals surface area contributed by atoms with Gasteiger partial charge in [0.15, 0.2) is 0 Å². The number of carbonyl (C=O) groups is 1. The van der Waals surface area contributed by atoms with Crippen LogP contribution in [0.15, 0.2) is 48.5 Å². The summed E-state index contributed by atoms with van der Waals surface area (Å²) in [5.41, 5.74) is 4.85. The van der Waals surface area contributed by atoms with Crippen LogP contribution in [0.2, 0.25) is 0 Å². The Morgan fingerprint density at radius 3 is 2.62 bits per heavy atom. The van der Waals surface area contributed by atoms with Crippen LogP contribution in [0.5, 0.6) is 5.75 Å². The first-order valence-electron chi connectivity index (χ1n) is 9.60. The highest BCUT2D eigenvalue weighted by molar-refractivity contribution is 7.18. The number of nitrogens with zero attached hydrogens (tertiary/aromatic N) is 1. The van der Waals surface area contributed by atoms with E-state index < -0.39 is 5.97 Å². The van der Waals surface area contributed by atoms with E-state index in [4.69, 9.17) is 9.84 Å². The molecule has 0 saturated carbocycles. The summed E-state index contributed by atoms with van der Waals surface area (Å²) in [5, 5.41) is 18.3. The van der Waals surface area contributed by atoms with Crippen LogP contribution in [0.1, 0.15) is 36.5 Å². The lowest BCUT2D eigenvalue weighted by atomic mass is 10.0. The van der Waals surface area contributed by atoms with Gasteiger partial charge in [0.25, 0.3) is 0 Å². The molecule has 148 valence electrons. The molecule has 0 spiro atoms. The van der Waals surface area contributed by atoms with E-state index in [1.54, 1.807) is 11.3 Å². The smallest absolute Gasteiger partial charge is 0.303 e. The van der Waals surface area contributed by atoms with Crippen LogP contribution < -0.4 is 4.74 Å².